The molecule has 0 heterocycles. The lowest BCUT2D eigenvalue weighted by Crippen LogP contribution is -2.20. The number of esters is 1. The Morgan fingerprint density at radius 1 is 1.42 bits per heavy atom. The number of halogens is 1. The van der Waals surface area contributed by atoms with Crippen molar-refractivity contribution in [3.8, 4) is 0 Å². The van der Waals surface area contributed by atoms with Gasteiger partial charge in [-0.05, 0) is 54.1 Å². The zero-order valence-electron chi connectivity index (χ0n) is 10.8. The fourth-order valence-electron chi connectivity index (χ4n) is 1.39. The maximum absolute atomic E-state index is 11.9. The van der Waals surface area contributed by atoms with Gasteiger partial charge in [0.25, 0.3) is 0 Å². The fourth-order valence-corrected chi connectivity index (χ4v) is 2.98. The second kappa shape index (κ2) is 7.09. The van der Waals surface area contributed by atoms with Gasteiger partial charge in [-0.15, -0.1) is 0 Å². The molecule has 1 rings (SSSR count). The normalized spacial score (nSPS) is 11.1. The third-order valence-electron chi connectivity index (χ3n) is 2.41. The van der Waals surface area contributed by atoms with Crippen LogP contribution < -0.4 is 4.72 Å². The number of carbonyl (C=O) groups is 1. The first-order valence-electron chi connectivity index (χ1n) is 5.77. The van der Waals surface area contributed by atoms with E-state index in [1.807, 2.05) is 13.0 Å². The summed E-state index contributed by atoms with van der Waals surface area (Å²) in [5.74, 6) is -0.788. The number of ether oxygens (including phenoxy) is 1. The average molecular weight is 397 g/mol. The maximum atomic E-state index is 11.9. The molecular formula is C12H16INO4S. The number of benzene rings is 1. The van der Waals surface area contributed by atoms with Crippen LogP contribution in [-0.4, -0.2) is 26.7 Å². The van der Waals surface area contributed by atoms with Gasteiger partial charge >= 0.3 is 5.97 Å². The van der Waals surface area contributed by atoms with Crippen LogP contribution in [0.15, 0.2) is 18.2 Å². The van der Waals surface area contributed by atoms with E-state index in [1.54, 1.807) is 19.1 Å². The maximum Gasteiger partial charge on any atom is 0.306 e. The van der Waals surface area contributed by atoms with Gasteiger partial charge in [-0.25, -0.2) is 8.42 Å². The second-order valence-electron chi connectivity index (χ2n) is 3.89. The Bertz CT molecular complexity index is 557. The van der Waals surface area contributed by atoms with Crippen molar-refractivity contribution in [1.82, 2.24) is 0 Å². The zero-order chi connectivity index (χ0) is 14.5. The van der Waals surface area contributed by atoms with E-state index in [4.69, 9.17) is 4.74 Å². The van der Waals surface area contributed by atoms with E-state index in [-0.39, 0.29) is 18.8 Å². The summed E-state index contributed by atoms with van der Waals surface area (Å²) < 4.78 is 31.9. The van der Waals surface area contributed by atoms with Crippen molar-refractivity contribution in [1.29, 1.82) is 0 Å². The highest BCUT2D eigenvalue weighted by Crippen LogP contribution is 2.21. The highest BCUT2D eigenvalue weighted by molar-refractivity contribution is 14.1. The number of rotatable bonds is 6. The Hall–Kier alpha value is -0.830. The fraction of sp³-hybridized carbons (Fsp3) is 0.417. The van der Waals surface area contributed by atoms with Crippen molar-refractivity contribution in [3.63, 3.8) is 0 Å². The Morgan fingerprint density at radius 3 is 2.74 bits per heavy atom. The lowest BCUT2D eigenvalue weighted by Gasteiger charge is -2.11. The molecule has 1 aromatic rings. The molecule has 0 spiro atoms. The predicted molar refractivity (Wildman–Crippen MR) is 82.6 cm³/mol. The van der Waals surface area contributed by atoms with E-state index in [0.29, 0.717) is 5.69 Å². The van der Waals surface area contributed by atoms with Crippen LogP contribution in [0.2, 0.25) is 0 Å². The van der Waals surface area contributed by atoms with Gasteiger partial charge in [0.15, 0.2) is 0 Å². The Kier molecular flexibility index (Phi) is 6.05. The lowest BCUT2D eigenvalue weighted by molar-refractivity contribution is -0.142. The average Bonchev–Trinajstić information content (AvgIpc) is 2.33. The van der Waals surface area contributed by atoms with Crippen molar-refractivity contribution < 1.29 is 17.9 Å². The molecule has 0 aliphatic rings. The van der Waals surface area contributed by atoms with Gasteiger partial charge in [0.05, 0.1) is 24.5 Å². The summed E-state index contributed by atoms with van der Waals surface area (Å²) in [4.78, 5) is 11.1. The first-order valence-corrected chi connectivity index (χ1v) is 8.50. The second-order valence-corrected chi connectivity index (χ2v) is 6.89. The van der Waals surface area contributed by atoms with Crippen molar-refractivity contribution in [2.45, 2.75) is 20.3 Å². The van der Waals surface area contributed by atoms with E-state index in [9.17, 15) is 13.2 Å². The highest BCUT2D eigenvalue weighted by Gasteiger charge is 2.15. The minimum absolute atomic E-state index is 0.147. The number of carbonyl (C=O) groups excluding carboxylic acids is 1. The molecule has 0 aromatic heterocycles. The summed E-state index contributed by atoms with van der Waals surface area (Å²) in [5.41, 5.74) is 1.40. The molecule has 0 atom stereocenters. The van der Waals surface area contributed by atoms with Gasteiger partial charge in [-0.2, -0.15) is 0 Å². The largest absolute Gasteiger partial charge is 0.466 e. The first-order chi connectivity index (χ1) is 8.85. The van der Waals surface area contributed by atoms with Crippen molar-refractivity contribution in [2.75, 3.05) is 17.1 Å². The molecule has 1 N–H and O–H groups in total. The molecule has 0 radical (unpaired) electrons. The summed E-state index contributed by atoms with van der Waals surface area (Å²) in [6, 6.07) is 5.36. The van der Waals surface area contributed by atoms with E-state index in [0.717, 1.165) is 9.13 Å². The van der Waals surface area contributed by atoms with Gasteiger partial charge in [0, 0.05) is 3.57 Å². The van der Waals surface area contributed by atoms with Crippen LogP contribution in [0.4, 0.5) is 5.69 Å². The Morgan fingerprint density at radius 2 is 2.11 bits per heavy atom. The summed E-state index contributed by atoms with van der Waals surface area (Å²) >= 11 is 2.14. The van der Waals surface area contributed by atoms with E-state index < -0.39 is 16.0 Å². The summed E-state index contributed by atoms with van der Waals surface area (Å²) in [7, 11) is -3.54. The summed E-state index contributed by atoms with van der Waals surface area (Å²) in [6.45, 7) is 3.77. The van der Waals surface area contributed by atoms with Crippen LogP contribution in [0.5, 0.6) is 0 Å². The van der Waals surface area contributed by atoms with Gasteiger partial charge in [0.2, 0.25) is 10.0 Å². The van der Waals surface area contributed by atoms with Crippen molar-refractivity contribution in [3.05, 3.63) is 27.3 Å². The van der Waals surface area contributed by atoms with Crippen molar-refractivity contribution in [2.24, 2.45) is 0 Å². The van der Waals surface area contributed by atoms with Gasteiger partial charge in [-0.1, -0.05) is 6.07 Å². The molecule has 0 amide bonds. The molecule has 0 fully saturated rings. The smallest absolute Gasteiger partial charge is 0.306 e. The van der Waals surface area contributed by atoms with Crippen molar-refractivity contribution >= 4 is 44.3 Å². The number of nitrogens with one attached hydrogen (secondary N) is 1. The van der Waals surface area contributed by atoms with Crippen LogP contribution in [0.25, 0.3) is 0 Å². The van der Waals surface area contributed by atoms with Crippen LogP contribution >= 0.6 is 22.6 Å². The van der Waals surface area contributed by atoms with E-state index in [1.165, 1.54) is 0 Å². The first kappa shape index (κ1) is 16.2. The minimum atomic E-state index is -3.54. The van der Waals surface area contributed by atoms with Gasteiger partial charge in [-0.3, -0.25) is 9.52 Å². The third-order valence-corrected chi connectivity index (χ3v) is 4.85. The molecule has 0 saturated carbocycles. The van der Waals surface area contributed by atoms with Gasteiger partial charge < -0.3 is 4.74 Å². The molecule has 1 aromatic carbocycles. The molecule has 19 heavy (non-hydrogen) atoms. The van der Waals surface area contributed by atoms with Crippen LogP contribution in [-0.2, 0) is 19.6 Å². The molecule has 0 bridgehead atoms. The topological polar surface area (TPSA) is 72.5 Å². The molecule has 7 heteroatoms. The molecule has 0 saturated heterocycles. The Balaban J connectivity index is 2.69. The van der Waals surface area contributed by atoms with Gasteiger partial charge in [0.1, 0.15) is 0 Å². The van der Waals surface area contributed by atoms with Crippen LogP contribution in [0, 0.1) is 10.5 Å². The minimum Gasteiger partial charge on any atom is -0.466 e. The third kappa shape index (κ3) is 5.35. The van der Waals surface area contributed by atoms with E-state index >= 15 is 0 Å². The monoisotopic (exact) mass is 397 g/mol. The van der Waals surface area contributed by atoms with Crippen LogP contribution in [0.3, 0.4) is 0 Å². The molecule has 0 unspecified atom stereocenters. The quantitative estimate of drug-likeness (QED) is 0.591. The summed E-state index contributed by atoms with van der Waals surface area (Å²) in [5, 5.41) is 0. The number of hydrogen-bond acceptors (Lipinski definition) is 4. The number of sulfonamides is 1. The predicted octanol–water partition coefficient (Wildman–Crippen LogP) is 2.29. The Labute approximate surface area is 126 Å². The standard InChI is InChI=1S/C12H16INO4S/c1-3-18-12(15)7-8-19(16,17)14-11-6-4-5-10(13)9(11)2/h4-6,14H,3,7-8H2,1-2H3. The SMILES string of the molecule is CCOC(=O)CCS(=O)(=O)Nc1cccc(I)c1C. The zero-order valence-corrected chi connectivity index (χ0v) is 13.7. The molecule has 0 aliphatic heterocycles. The number of anilines is 1. The highest BCUT2D eigenvalue weighted by atomic mass is 127. The van der Waals surface area contributed by atoms with Crippen LogP contribution in [0.1, 0.15) is 18.9 Å². The summed E-state index contributed by atoms with van der Waals surface area (Å²) in [6.07, 6.45) is -0.147. The molecule has 106 valence electrons. The molecular weight excluding hydrogens is 381 g/mol. The lowest BCUT2D eigenvalue weighted by atomic mass is 10.2. The molecule has 5 nitrogen and oxygen atoms in total. The number of hydrogen-bond donors (Lipinski definition) is 1. The molecule has 0 aliphatic carbocycles. The van der Waals surface area contributed by atoms with E-state index in [2.05, 4.69) is 27.3 Å².